The van der Waals surface area contributed by atoms with Gasteiger partial charge in [-0.05, 0) is 48.2 Å². The summed E-state index contributed by atoms with van der Waals surface area (Å²) >= 11 is 1.31. The number of hydrogen-bond acceptors (Lipinski definition) is 6. The Morgan fingerprint density at radius 1 is 1.27 bits per heavy atom. The van der Waals surface area contributed by atoms with E-state index in [-0.39, 0.29) is 18.2 Å². The van der Waals surface area contributed by atoms with Crippen molar-refractivity contribution in [2.75, 3.05) is 5.32 Å². The minimum absolute atomic E-state index is 0.0107. The number of benzene rings is 1. The average Bonchev–Trinajstić information content (AvgIpc) is 3.09. The fraction of sp³-hybridized carbons (Fsp3) is 0.111. The first-order valence-corrected chi connectivity index (χ1v) is 8.58. The van der Waals surface area contributed by atoms with Crippen molar-refractivity contribution < 1.29 is 14.5 Å². The van der Waals surface area contributed by atoms with Crippen LogP contribution in [0.1, 0.15) is 20.8 Å². The molecule has 0 atom stereocenters. The molecule has 0 bridgehead atoms. The number of rotatable bonds is 6. The predicted octanol–water partition coefficient (Wildman–Crippen LogP) is 4.19. The monoisotopic (exact) mass is 369 g/mol. The zero-order valence-electron chi connectivity index (χ0n) is 13.8. The quantitative estimate of drug-likeness (QED) is 0.519. The number of nitrogens with zero attached hydrogens (tertiary/aromatic N) is 2. The van der Waals surface area contributed by atoms with Crippen molar-refractivity contribution in [1.29, 1.82) is 0 Å². The molecule has 0 saturated heterocycles. The minimum atomic E-state index is -0.462. The van der Waals surface area contributed by atoms with Crippen LogP contribution < -0.4 is 10.1 Å². The Balaban J connectivity index is 1.58. The van der Waals surface area contributed by atoms with Gasteiger partial charge in [0.15, 0.2) is 0 Å². The largest absolute Gasteiger partial charge is 0.489 e. The fourth-order valence-corrected chi connectivity index (χ4v) is 2.98. The summed E-state index contributed by atoms with van der Waals surface area (Å²) in [4.78, 5) is 27.1. The molecule has 0 saturated carbocycles. The smallest absolute Gasteiger partial charge is 0.269 e. The Kier molecular flexibility index (Phi) is 5.23. The molecule has 3 aromatic rings. The molecule has 8 heteroatoms. The fourth-order valence-electron chi connectivity index (χ4n) is 2.18. The van der Waals surface area contributed by atoms with Crippen molar-refractivity contribution in [1.82, 2.24) is 4.98 Å². The summed E-state index contributed by atoms with van der Waals surface area (Å²) in [6.45, 7) is 2.19. The number of ether oxygens (including phenoxy) is 1. The summed E-state index contributed by atoms with van der Waals surface area (Å²) in [7, 11) is 0. The van der Waals surface area contributed by atoms with E-state index < -0.39 is 4.92 Å². The highest BCUT2D eigenvalue weighted by Gasteiger charge is 2.11. The van der Waals surface area contributed by atoms with E-state index in [2.05, 4.69) is 10.3 Å². The van der Waals surface area contributed by atoms with E-state index in [0.717, 1.165) is 11.1 Å². The molecule has 2 aromatic heterocycles. The lowest BCUT2D eigenvalue weighted by molar-refractivity contribution is -0.384. The van der Waals surface area contributed by atoms with Crippen LogP contribution in [0.15, 0.2) is 54.0 Å². The van der Waals surface area contributed by atoms with Crippen LogP contribution in [0.25, 0.3) is 0 Å². The number of nitro groups is 1. The maximum Gasteiger partial charge on any atom is 0.269 e. The molecule has 0 aliphatic rings. The Labute approximate surface area is 153 Å². The number of carbonyl (C=O) groups excluding carboxylic acids is 1. The first-order chi connectivity index (χ1) is 12.5. The van der Waals surface area contributed by atoms with Gasteiger partial charge in [0, 0.05) is 23.9 Å². The Morgan fingerprint density at radius 2 is 2.04 bits per heavy atom. The van der Waals surface area contributed by atoms with Gasteiger partial charge in [-0.3, -0.25) is 14.9 Å². The third-order valence-corrected chi connectivity index (χ3v) is 4.47. The number of amides is 1. The lowest BCUT2D eigenvalue weighted by Crippen LogP contribution is -2.11. The van der Waals surface area contributed by atoms with Crippen LogP contribution in [0.5, 0.6) is 5.75 Å². The van der Waals surface area contributed by atoms with E-state index in [0.29, 0.717) is 16.4 Å². The second-order valence-electron chi connectivity index (χ2n) is 5.53. The Hall–Kier alpha value is -3.26. The van der Waals surface area contributed by atoms with Crippen LogP contribution in [0.2, 0.25) is 0 Å². The first-order valence-electron chi connectivity index (χ1n) is 7.70. The molecule has 2 heterocycles. The van der Waals surface area contributed by atoms with Crippen molar-refractivity contribution in [2.45, 2.75) is 13.5 Å². The highest BCUT2D eigenvalue weighted by Crippen LogP contribution is 2.21. The normalized spacial score (nSPS) is 10.3. The van der Waals surface area contributed by atoms with Gasteiger partial charge < -0.3 is 10.1 Å². The van der Waals surface area contributed by atoms with Crippen LogP contribution in [-0.2, 0) is 6.61 Å². The molecule has 7 nitrogen and oxygen atoms in total. The van der Waals surface area contributed by atoms with Gasteiger partial charge in [-0.25, -0.2) is 4.98 Å². The zero-order valence-corrected chi connectivity index (χ0v) is 14.7. The zero-order chi connectivity index (χ0) is 18.5. The third kappa shape index (κ3) is 4.42. The van der Waals surface area contributed by atoms with Gasteiger partial charge in [0.1, 0.15) is 18.2 Å². The number of thiophene rings is 1. The number of aromatic nitrogens is 1. The Bertz CT molecular complexity index is 938. The number of carbonyl (C=O) groups is 1. The maximum atomic E-state index is 12.3. The number of aryl methyl sites for hydroxylation is 1. The van der Waals surface area contributed by atoms with E-state index in [1.54, 1.807) is 30.5 Å². The first kappa shape index (κ1) is 17.6. The van der Waals surface area contributed by atoms with Crippen molar-refractivity contribution in [3.05, 3.63) is 80.2 Å². The molecule has 1 N–H and O–H groups in total. The van der Waals surface area contributed by atoms with Crippen molar-refractivity contribution in [3.8, 4) is 5.75 Å². The third-order valence-electron chi connectivity index (χ3n) is 3.49. The van der Waals surface area contributed by atoms with Crippen molar-refractivity contribution in [2.24, 2.45) is 0 Å². The van der Waals surface area contributed by atoms with Crippen LogP contribution in [-0.4, -0.2) is 15.8 Å². The molecule has 1 aromatic carbocycles. The number of anilines is 1. The van der Waals surface area contributed by atoms with E-state index in [1.807, 2.05) is 18.4 Å². The van der Waals surface area contributed by atoms with Gasteiger partial charge in [-0.15, -0.1) is 11.3 Å². The highest BCUT2D eigenvalue weighted by molar-refractivity contribution is 7.12. The molecule has 0 spiro atoms. The van der Waals surface area contributed by atoms with Crippen LogP contribution in [0.4, 0.5) is 11.5 Å². The lowest BCUT2D eigenvalue weighted by Gasteiger charge is -2.04. The number of hydrogen-bond donors (Lipinski definition) is 1. The standard InChI is InChI=1S/C18H15N3O4S/c1-12-6-7-19-17(8-12)20-18(22)16-9-13(11-26-16)10-25-15-4-2-14(3-5-15)21(23)24/h2-9,11H,10H2,1H3,(H,19,20,22). The summed E-state index contributed by atoms with van der Waals surface area (Å²) in [6.07, 6.45) is 1.64. The number of nitro benzene ring substituents is 1. The molecule has 1 amide bonds. The second-order valence-corrected chi connectivity index (χ2v) is 6.44. The summed E-state index contributed by atoms with van der Waals surface area (Å²) in [5.41, 5.74) is 1.87. The second kappa shape index (κ2) is 7.75. The lowest BCUT2D eigenvalue weighted by atomic mass is 10.3. The van der Waals surface area contributed by atoms with Crippen molar-refractivity contribution in [3.63, 3.8) is 0 Å². The molecule has 0 radical (unpaired) electrons. The van der Waals surface area contributed by atoms with E-state index >= 15 is 0 Å². The molecule has 0 aliphatic carbocycles. The highest BCUT2D eigenvalue weighted by atomic mass is 32.1. The summed E-state index contributed by atoms with van der Waals surface area (Å²) in [5, 5.41) is 15.2. The van der Waals surface area contributed by atoms with E-state index in [9.17, 15) is 14.9 Å². The summed E-state index contributed by atoms with van der Waals surface area (Å²) in [5.74, 6) is 0.804. The van der Waals surface area contributed by atoms with Gasteiger partial charge in [0.2, 0.25) is 0 Å². The van der Waals surface area contributed by atoms with Crippen LogP contribution in [0, 0.1) is 17.0 Å². The molecule has 3 rings (SSSR count). The molecular formula is C18H15N3O4S. The number of nitrogens with one attached hydrogen (secondary N) is 1. The van der Waals surface area contributed by atoms with Crippen LogP contribution in [0.3, 0.4) is 0 Å². The summed E-state index contributed by atoms with van der Waals surface area (Å²) < 4.78 is 5.59. The molecule has 0 aliphatic heterocycles. The number of non-ortho nitro benzene ring substituents is 1. The average molecular weight is 369 g/mol. The van der Waals surface area contributed by atoms with Gasteiger partial charge >= 0.3 is 0 Å². The van der Waals surface area contributed by atoms with E-state index in [1.165, 1.54) is 23.5 Å². The van der Waals surface area contributed by atoms with Crippen molar-refractivity contribution >= 4 is 28.7 Å². The predicted molar refractivity (Wildman–Crippen MR) is 98.7 cm³/mol. The molecule has 132 valence electrons. The van der Waals surface area contributed by atoms with Gasteiger partial charge in [0.25, 0.3) is 11.6 Å². The molecule has 0 fully saturated rings. The number of pyridine rings is 1. The maximum absolute atomic E-state index is 12.3. The van der Waals surface area contributed by atoms with E-state index in [4.69, 9.17) is 4.74 Å². The topological polar surface area (TPSA) is 94.4 Å². The molecular weight excluding hydrogens is 354 g/mol. The van der Waals surface area contributed by atoms with Gasteiger partial charge in [-0.2, -0.15) is 0 Å². The Morgan fingerprint density at radius 3 is 2.73 bits per heavy atom. The van der Waals surface area contributed by atoms with Gasteiger partial charge in [-0.1, -0.05) is 0 Å². The summed E-state index contributed by atoms with van der Waals surface area (Å²) in [6, 6.07) is 11.3. The molecule has 0 unspecified atom stereocenters. The SMILES string of the molecule is Cc1ccnc(NC(=O)c2cc(COc3ccc([N+](=O)[O-])cc3)cs2)c1. The van der Waals surface area contributed by atoms with Crippen LogP contribution >= 0.6 is 11.3 Å². The van der Waals surface area contributed by atoms with Gasteiger partial charge in [0.05, 0.1) is 9.80 Å². The molecule has 26 heavy (non-hydrogen) atoms. The minimum Gasteiger partial charge on any atom is -0.489 e.